The monoisotopic (exact) mass is 340 g/mol. The van der Waals surface area contributed by atoms with Crippen LogP contribution in [0.5, 0.6) is 5.75 Å². The summed E-state index contributed by atoms with van der Waals surface area (Å²) in [5.41, 5.74) is 9.43. The highest BCUT2D eigenvalue weighted by molar-refractivity contribution is 5.94. The maximum Gasteiger partial charge on any atom is 0.254 e. The van der Waals surface area contributed by atoms with Crippen molar-refractivity contribution in [2.45, 2.75) is 6.92 Å². The normalized spacial score (nSPS) is 14.4. The van der Waals surface area contributed by atoms with Crippen molar-refractivity contribution in [3.8, 4) is 16.9 Å². The Kier molecular flexibility index (Phi) is 5.68. The Morgan fingerprint density at radius 2 is 1.80 bits per heavy atom. The van der Waals surface area contributed by atoms with E-state index in [0.29, 0.717) is 45.0 Å². The molecule has 5 nitrogen and oxygen atoms in total. The van der Waals surface area contributed by atoms with Gasteiger partial charge in [0.2, 0.25) is 0 Å². The van der Waals surface area contributed by atoms with Crippen molar-refractivity contribution >= 4 is 5.91 Å². The zero-order valence-electron chi connectivity index (χ0n) is 14.5. The fourth-order valence-electron chi connectivity index (χ4n) is 2.91. The second-order valence-corrected chi connectivity index (χ2v) is 6.10. The van der Waals surface area contributed by atoms with E-state index in [1.807, 2.05) is 48.2 Å². The van der Waals surface area contributed by atoms with Gasteiger partial charge in [0, 0.05) is 25.2 Å². The topological polar surface area (TPSA) is 64.8 Å². The van der Waals surface area contributed by atoms with Crippen molar-refractivity contribution in [3.05, 3.63) is 53.6 Å². The molecule has 0 aliphatic carbocycles. The van der Waals surface area contributed by atoms with Crippen LogP contribution in [0, 0.1) is 6.92 Å². The summed E-state index contributed by atoms with van der Waals surface area (Å²) in [5.74, 6) is 0.921. The van der Waals surface area contributed by atoms with E-state index in [1.54, 1.807) is 0 Å². The van der Waals surface area contributed by atoms with E-state index in [1.165, 1.54) is 0 Å². The Morgan fingerprint density at radius 1 is 1.12 bits per heavy atom. The molecule has 1 aliphatic heterocycles. The van der Waals surface area contributed by atoms with E-state index in [9.17, 15) is 4.79 Å². The highest BCUT2D eigenvalue weighted by Gasteiger charge is 2.18. The first-order valence-electron chi connectivity index (χ1n) is 8.60. The summed E-state index contributed by atoms with van der Waals surface area (Å²) in [7, 11) is 0. The molecule has 0 unspecified atom stereocenters. The van der Waals surface area contributed by atoms with Crippen molar-refractivity contribution in [3.63, 3.8) is 0 Å². The number of morpholine rings is 1. The summed E-state index contributed by atoms with van der Waals surface area (Å²) in [6.07, 6.45) is 0. The van der Waals surface area contributed by atoms with Gasteiger partial charge in [0.1, 0.15) is 12.4 Å². The molecule has 5 heteroatoms. The molecule has 2 aromatic carbocycles. The Labute approximate surface area is 148 Å². The van der Waals surface area contributed by atoms with E-state index in [-0.39, 0.29) is 5.91 Å². The van der Waals surface area contributed by atoms with Crippen LogP contribution in [0.4, 0.5) is 0 Å². The lowest BCUT2D eigenvalue weighted by Gasteiger charge is -2.26. The maximum absolute atomic E-state index is 12.5. The average molecular weight is 340 g/mol. The minimum Gasteiger partial charge on any atom is -0.492 e. The number of benzene rings is 2. The maximum atomic E-state index is 12.5. The van der Waals surface area contributed by atoms with E-state index in [4.69, 9.17) is 15.2 Å². The summed E-state index contributed by atoms with van der Waals surface area (Å²) in [6.45, 7) is 5.57. The standard InChI is InChI=1S/C20H24N2O3/c1-15-14-18(6-7-19(15)25-11-8-21)16-2-4-17(5-3-16)20(23)22-9-12-24-13-10-22/h2-7,14H,8-13,21H2,1H3. The van der Waals surface area contributed by atoms with Crippen molar-refractivity contribution in [1.82, 2.24) is 4.90 Å². The molecule has 0 saturated carbocycles. The minimum absolute atomic E-state index is 0.0663. The first-order valence-corrected chi connectivity index (χ1v) is 8.60. The number of ether oxygens (including phenoxy) is 2. The number of rotatable bonds is 5. The smallest absolute Gasteiger partial charge is 0.254 e. The Balaban J connectivity index is 1.73. The molecular formula is C20H24N2O3. The van der Waals surface area contributed by atoms with Gasteiger partial charge in [-0.2, -0.15) is 0 Å². The lowest BCUT2D eigenvalue weighted by Crippen LogP contribution is -2.40. The number of carbonyl (C=O) groups is 1. The van der Waals surface area contributed by atoms with Crippen LogP contribution in [0.3, 0.4) is 0 Å². The molecule has 1 saturated heterocycles. The van der Waals surface area contributed by atoms with Gasteiger partial charge in [-0.3, -0.25) is 4.79 Å². The van der Waals surface area contributed by atoms with Crippen LogP contribution in [0.2, 0.25) is 0 Å². The molecule has 25 heavy (non-hydrogen) atoms. The van der Waals surface area contributed by atoms with Gasteiger partial charge in [-0.15, -0.1) is 0 Å². The molecule has 132 valence electrons. The van der Waals surface area contributed by atoms with Crippen LogP contribution >= 0.6 is 0 Å². The van der Waals surface area contributed by atoms with Gasteiger partial charge >= 0.3 is 0 Å². The summed E-state index contributed by atoms with van der Waals surface area (Å²) in [6, 6.07) is 13.8. The first kappa shape index (κ1) is 17.5. The summed E-state index contributed by atoms with van der Waals surface area (Å²) in [4.78, 5) is 14.3. The van der Waals surface area contributed by atoms with Gasteiger partial charge in [0.05, 0.1) is 13.2 Å². The van der Waals surface area contributed by atoms with E-state index < -0.39 is 0 Å². The number of aryl methyl sites for hydroxylation is 1. The van der Waals surface area contributed by atoms with Crippen molar-refractivity contribution < 1.29 is 14.3 Å². The molecule has 1 heterocycles. The Morgan fingerprint density at radius 3 is 2.44 bits per heavy atom. The van der Waals surface area contributed by atoms with Crippen LogP contribution in [-0.2, 0) is 4.74 Å². The fraction of sp³-hybridized carbons (Fsp3) is 0.350. The van der Waals surface area contributed by atoms with E-state index in [2.05, 4.69) is 6.07 Å². The van der Waals surface area contributed by atoms with Gasteiger partial charge in [-0.25, -0.2) is 0 Å². The number of hydrogen-bond acceptors (Lipinski definition) is 4. The SMILES string of the molecule is Cc1cc(-c2ccc(C(=O)N3CCOCC3)cc2)ccc1OCCN. The molecule has 0 aromatic heterocycles. The fourth-order valence-corrected chi connectivity index (χ4v) is 2.91. The second kappa shape index (κ2) is 8.14. The third kappa shape index (κ3) is 4.18. The number of nitrogens with zero attached hydrogens (tertiary/aromatic N) is 1. The summed E-state index contributed by atoms with van der Waals surface area (Å²) >= 11 is 0. The predicted molar refractivity (Wildman–Crippen MR) is 97.9 cm³/mol. The molecule has 3 rings (SSSR count). The number of nitrogens with two attached hydrogens (primary N) is 1. The average Bonchev–Trinajstić information content (AvgIpc) is 2.67. The molecule has 0 radical (unpaired) electrons. The van der Waals surface area contributed by atoms with Crippen LogP contribution in [0.15, 0.2) is 42.5 Å². The lowest BCUT2D eigenvalue weighted by atomic mass is 10.0. The zero-order chi connectivity index (χ0) is 17.6. The molecule has 2 N–H and O–H groups in total. The highest BCUT2D eigenvalue weighted by Crippen LogP contribution is 2.26. The summed E-state index contributed by atoms with van der Waals surface area (Å²) < 4.78 is 10.9. The van der Waals surface area contributed by atoms with E-state index >= 15 is 0 Å². The van der Waals surface area contributed by atoms with Gasteiger partial charge in [0.15, 0.2) is 0 Å². The molecule has 1 amide bonds. The van der Waals surface area contributed by atoms with Crippen molar-refractivity contribution in [1.29, 1.82) is 0 Å². The molecule has 1 fully saturated rings. The number of carbonyl (C=O) groups excluding carboxylic acids is 1. The van der Waals surface area contributed by atoms with Crippen LogP contribution < -0.4 is 10.5 Å². The minimum atomic E-state index is 0.0663. The molecule has 0 atom stereocenters. The third-order valence-electron chi connectivity index (χ3n) is 4.31. The summed E-state index contributed by atoms with van der Waals surface area (Å²) in [5, 5.41) is 0. The van der Waals surface area contributed by atoms with Crippen molar-refractivity contribution in [2.75, 3.05) is 39.5 Å². The third-order valence-corrected chi connectivity index (χ3v) is 4.31. The molecule has 2 aromatic rings. The molecule has 0 bridgehead atoms. The number of amides is 1. The van der Waals surface area contributed by atoms with Crippen molar-refractivity contribution in [2.24, 2.45) is 5.73 Å². The first-order chi connectivity index (χ1) is 12.2. The largest absolute Gasteiger partial charge is 0.492 e. The van der Waals surface area contributed by atoms with Crippen LogP contribution in [0.25, 0.3) is 11.1 Å². The number of hydrogen-bond donors (Lipinski definition) is 1. The predicted octanol–water partition coefficient (Wildman–Crippen LogP) is 2.47. The van der Waals surface area contributed by atoms with Gasteiger partial charge in [-0.05, 0) is 47.9 Å². The Bertz CT molecular complexity index is 722. The highest BCUT2D eigenvalue weighted by atomic mass is 16.5. The molecule has 0 spiro atoms. The van der Waals surface area contributed by atoms with Gasteiger partial charge in [0.25, 0.3) is 5.91 Å². The molecular weight excluding hydrogens is 316 g/mol. The Hall–Kier alpha value is -2.37. The van der Waals surface area contributed by atoms with E-state index in [0.717, 1.165) is 22.4 Å². The molecule has 1 aliphatic rings. The van der Waals surface area contributed by atoms with Crippen LogP contribution in [-0.4, -0.2) is 50.3 Å². The second-order valence-electron chi connectivity index (χ2n) is 6.10. The van der Waals surface area contributed by atoms with Crippen LogP contribution in [0.1, 0.15) is 15.9 Å². The van der Waals surface area contributed by atoms with Gasteiger partial charge < -0.3 is 20.1 Å². The zero-order valence-corrected chi connectivity index (χ0v) is 14.5. The quantitative estimate of drug-likeness (QED) is 0.908. The lowest BCUT2D eigenvalue weighted by molar-refractivity contribution is 0.0303. The van der Waals surface area contributed by atoms with Gasteiger partial charge in [-0.1, -0.05) is 18.2 Å².